The number of hydrogen-bond donors (Lipinski definition) is 1. The molecule has 0 aliphatic rings. The third-order valence-electron chi connectivity index (χ3n) is 2.09. The van der Waals surface area contributed by atoms with Crippen molar-refractivity contribution in [3.63, 3.8) is 0 Å². The van der Waals surface area contributed by atoms with Crippen LogP contribution < -0.4 is 5.32 Å². The predicted molar refractivity (Wildman–Crippen MR) is 68.7 cm³/mol. The standard InChI is InChI=1S/C11H19N3O2S/c1-8(2)5-9-6-10(12-3)14-11(13-9)7-17(4,15)16/h6,8H,5,7H2,1-4H3,(H,12,13,14). The third-order valence-corrected chi connectivity index (χ3v) is 2.87. The Morgan fingerprint density at radius 3 is 2.47 bits per heavy atom. The van der Waals surface area contributed by atoms with Crippen LogP contribution in [0.5, 0.6) is 0 Å². The minimum absolute atomic E-state index is 0.117. The van der Waals surface area contributed by atoms with Gasteiger partial charge in [0.25, 0.3) is 0 Å². The summed E-state index contributed by atoms with van der Waals surface area (Å²) in [5.41, 5.74) is 0.873. The van der Waals surface area contributed by atoms with E-state index in [-0.39, 0.29) is 5.75 Å². The van der Waals surface area contributed by atoms with Gasteiger partial charge in [-0.3, -0.25) is 0 Å². The van der Waals surface area contributed by atoms with Gasteiger partial charge >= 0.3 is 0 Å². The van der Waals surface area contributed by atoms with E-state index in [4.69, 9.17) is 0 Å². The number of nitrogens with zero attached hydrogens (tertiary/aromatic N) is 2. The van der Waals surface area contributed by atoms with Gasteiger partial charge < -0.3 is 5.32 Å². The largest absolute Gasteiger partial charge is 0.373 e. The quantitative estimate of drug-likeness (QED) is 0.859. The summed E-state index contributed by atoms with van der Waals surface area (Å²) in [7, 11) is -1.34. The number of anilines is 1. The molecule has 0 aromatic carbocycles. The van der Waals surface area contributed by atoms with Gasteiger partial charge in [-0.15, -0.1) is 0 Å². The fourth-order valence-electron chi connectivity index (χ4n) is 1.50. The van der Waals surface area contributed by atoms with Gasteiger partial charge in [-0.2, -0.15) is 0 Å². The second-order valence-electron chi connectivity index (χ2n) is 4.58. The van der Waals surface area contributed by atoms with Crippen LogP contribution in [0, 0.1) is 5.92 Å². The molecule has 1 rings (SSSR count). The first-order valence-electron chi connectivity index (χ1n) is 5.52. The normalized spacial score (nSPS) is 11.8. The third kappa shape index (κ3) is 5.12. The van der Waals surface area contributed by atoms with Gasteiger partial charge in [0.2, 0.25) is 0 Å². The Kier molecular flexibility index (Phi) is 4.45. The molecule has 0 saturated heterocycles. The molecule has 1 N–H and O–H groups in total. The lowest BCUT2D eigenvalue weighted by atomic mass is 10.1. The van der Waals surface area contributed by atoms with Crippen molar-refractivity contribution in [3.8, 4) is 0 Å². The highest BCUT2D eigenvalue weighted by Crippen LogP contribution is 2.12. The maximum absolute atomic E-state index is 11.2. The molecule has 0 bridgehead atoms. The maximum atomic E-state index is 11.2. The molecule has 6 heteroatoms. The number of hydrogen-bond acceptors (Lipinski definition) is 5. The van der Waals surface area contributed by atoms with Crippen LogP contribution in [0.3, 0.4) is 0 Å². The van der Waals surface area contributed by atoms with Crippen LogP contribution >= 0.6 is 0 Å². The first-order valence-corrected chi connectivity index (χ1v) is 7.58. The van der Waals surface area contributed by atoms with Crippen molar-refractivity contribution < 1.29 is 8.42 Å². The van der Waals surface area contributed by atoms with E-state index in [1.54, 1.807) is 7.05 Å². The minimum atomic E-state index is -3.10. The van der Waals surface area contributed by atoms with E-state index in [0.717, 1.165) is 12.1 Å². The van der Waals surface area contributed by atoms with Gasteiger partial charge in [0.15, 0.2) is 9.84 Å². The highest BCUT2D eigenvalue weighted by Gasteiger charge is 2.11. The molecule has 96 valence electrons. The Labute approximate surface area is 103 Å². The molecule has 0 unspecified atom stereocenters. The Bertz CT molecular complexity index is 483. The highest BCUT2D eigenvalue weighted by atomic mass is 32.2. The number of nitrogens with one attached hydrogen (secondary N) is 1. The van der Waals surface area contributed by atoms with Crippen molar-refractivity contribution in [1.82, 2.24) is 9.97 Å². The second kappa shape index (κ2) is 5.44. The molecule has 1 heterocycles. The summed E-state index contributed by atoms with van der Waals surface area (Å²) in [6.45, 7) is 4.19. The van der Waals surface area contributed by atoms with Gasteiger partial charge in [-0.25, -0.2) is 18.4 Å². The lowest BCUT2D eigenvalue weighted by molar-refractivity contribution is 0.598. The summed E-state index contributed by atoms with van der Waals surface area (Å²) in [4.78, 5) is 8.42. The molecule has 0 saturated carbocycles. The molecule has 1 aromatic heterocycles. The van der Waals surface area contributed by atoms with E-state index in [2.05, 4.69) is 29.1 Å². The zero-order valence-electron chi connectivity index (χ0n) is 10.7. The summed E-state index contributed by atoms with van der Waals surface area (Å²) >= 11 is 0. The first-order chi connectivity index (χ1) is 7.80. The van der Waals surface area contributed by atoms with Crippen molar-refractivity contribution in [2.24, 2.45) is 5.92 Å². The van der Waals surface area contributed by atoms with Gasteiger partial charge in [-0.05, 0) is 12.3 Å². The molecule has 1 aromatic rings. The zero-order valence-corrected chi connectivity index (χ0v) is 11.5. The first kappa shape index (κ1) is 13.9. The average Bonchev–Trinajstić information content (AvgIpc) is 2.13. The predicted octanol–water partition coefficient (Wildman–Crippen LogP) is 1.26. The van der Waals surface area contributed by atoms with Crippen LogP contribution in [0.15, 0.2) is 6.07 Å². The van der Waals surface area contributed by atoms with E-state index < -0.39 is 9.84 Å². The summed E-state index contributed by atoms with van der Waals surface area (Å²) in [6.07, 6.45) is 2.00. The van der Waals surface area contributed by atoms with Crippen LogP contribution in [0.4, 0.5) is 5.82 Å². The molecule has 0 fully saturated rings. The van der Waals surface area contributed by atoms with Gasteiger partial charge in [0.05, 0.1) is 0 Å². The Hall–Kier alpha value is -1.17. The Morgan fingerprint density at radius 1 is 1.35 bits per heavy atom. The summed E-state index contributed by atoms with van der Waals surface area (Å²) < 4.78 is 22.5. The van der Waals surface area contributed by atoms with Gasteiger partial charge in [0, 0.05) is 25.1 Å². The minimum Gasteiger partial charge on any atom is -0.373 e. The van der Waals surface area contributed by atoms with Crippen LogP contribution in [-0.4, -0.2) is 31.7 Å². The fourth-order valence-corrected chi connectivity index (χ4v) is 2.10. The second-order valence-corrected chi connectivity index (χ2v) is 6.72. The maximum Gasteiger partial charge on any atom is 0.154 e. The number of sulfone groups is 1. The molecule has 17 heavy (non-hydrogen) atoms. The molecule has 0 atom stereocenters. The molecule has 0 radical (unpaired) electrons. The van der Waals surface area contributed by atoms with Crippen molar-refractivity contribution in [1.29, 1.82) is 0 Å². The van der Waals surface area contributed by atoms with Crippen molar-refractivity contribution in [2.75, 3.05) is 18.6 Å². The number of rotatable bonds is 5. The van der Waals surface area contributed by atoms with Crippen LogP contribution in [-0.2, 0) is 22.0 Å². The molecule has 0 spiro atoms. The van der Waals surface area contributed by atoms with Gasteiger partial charge in [0.1, 0.15) is 17.4 Å². The van der Waals surface area contributed by atoms with Crippen LogP contribution in [0.1, 0.15) is 25.4 Å². The van der Waals surface area contributed by atoms with Crippen molar-refractivity contribution in [2.45, 2.75) is 26.0 Å². The highest BCUT2D eigenvalue weighted by molar-refractivity contribution is 7.89. The van der Waals surface area contributed by atoms with Gasteiger partial charge in [-0.1, -0.05) is 13.8 Å². The van der Waals surface area contributed by atoms with Crippen molar-refractivity contribution >= 4 is 15.7 Å². The lowest BCUT2D eigenvalue weighted by Crippen LogP contribution is -2.10. The average molecular weight is 257 g/mol. The van der Waals surface area contributed by atoms with E-state index >= 15 is 0 Å². The smallest absolute Gasteiger partial charge is 0.154 e. The van der Waals surface area contributed by atoms with Crippen LogP contribution in [0.2, 0.25) is 0 Å². The van der Waals surface area contributed by atoms with E-state index in [9.17, 15) is 8.42 Å². The molecular formula is C11H19N3O2S. The van der Waals surface area contributed by atoms with Crippen LogP contribution in [0.25, 0.3) is 0 Å². The Balaban J connectivity index is 3.05. The number of aromatic nitrogens is 2. The summed E-state index contributed by atoms with van der Waals surface area (Å²) in [5.74, 6) is 1.37. The molecule has 0 amide bonds. The topological polar surface area (TPSA) is 72.0 Å². The lowest BCUT2D eigenvalue weighted by Gasteiger charge is -2.08. The fraction of sp³-hybridized carbons (Fsp3) is 0.636. The van der Waals surface area contributed by atoms with E-state index in [1.165, 1.54) is 6.26 Å². The van der Waals surface area contributed by atoms with Crippen molar-refractivity contribution in [3.05, 3.63) is 17.6 Å². The monoisotopic (exact) mass is 257 g/mol. The molecule has 0 aliphatic carbocycles. The molecule has 0 aliphatic heterocycles. The SMILES string of the molecule is CNc1cc(CC(C)C)nc(CS(C)(=O)=O)n1. The van der Waals surface area contributed by atoms with E-state index in [1.807, 2.05) is 6.07 Å². The molecular weight excluding hydrogens is 238 g/mol. The zero-order chi connectivity index (χ0) is 13.1. The summed E-state index contributed by atoms with van der Waals surface area (Å²) in [6, 6.07) is 1.85. The summed E-state index contributed by atoms with van der Waals surface area (Å²) in [5, 5.41) is 2.92. The molecule has 5 nitrogen and oxygen atoms in total. The van der Waals surface area contributed by atoms with E-state index in [0.29, 0.717) is 17.6 Å². The Morgan fingerprint density at radius 2 is 2.00 bits per heavy atom.